The Morgan fingerprint density at radius 2 is 0.950 bits per heavy atom. The number of hydrogen-bond acceptors (Lipinski definition) is 6. The highest BCUT2D eigenvalue weighted by Crippen LogP contribution is 2.49. The standard InChI is InChI=1S/C54H32N4S2/c1-3-14-33(15-4-1)37-20-11-21-38(30-37)52-56-51(35-17-5-2-6-18-35)57-53(58-52)43-26-13-23-40-41(43)24-12-25-42(40)49-48-44-22-9-10-27-46(44)59-47(48)32-45-50(49)60-54(55-45)39-29-28-34-16-7-8-19-36(34)31-39/h1-32H. The Balaban J connectivity index is 1.08. The zero-order valence-corrected chi connectivity index (χ0v) is 33.7. The van der Waals surface area contributed by atoms with E-state index in [-0.39, 0.29) is 0 Å². The molecule has 0 bridgehead atoms. The Labute approximate surface area is 353 Å². The molecule has 0 fully saturated rings. The van der Waals surface area contributed by atoms with Gasteiger partial charge in [0.25, 0.3) is 0 Å². The van der Waals surface area contributed by atoms with Crippen LogP contribution in [0, 0.1) is 0 Å². The summed E-state index contributed by atoms with van der Waals surface area (Å²) >= 11 is 3.61. The fraction of sp³-hybridized carbons (Fsp3) is 0. The molecule has 0 aliphatic carbocycles. The molecule has 3 heterocycles. The van der Waals surface area contributed by atoms with E-state index in [1.165, 1.54) is 41.2 Å². The highest BCUT2D eigenvalue weighted by atomic mass is 32.1. The fourth-order valence-corrected chi connectivity index (χ4v) is 10.8. The van der Waals surface area contributed by atoms with E-state index < -0.39 is 0 Å². The van der Waals surface area contributed by atoms with E-state index >= 15 is 0 Å². The minimum absolute atomic E-state index is 0.631. The second kappa shape index (κ2) is 14.2. The van der Waals surface area contributed by atoms with Gasteiger partial charge in [-0.1, -0.05) is 170 Å². The second-order valence-corrected chi connectivity index (χ2v) is 17.1. The lowest BCUT2D eigenvalue weighted by Gasteiger charge is -2.14. The SMILES string of the molecule is c1ccc(-c2cccc(-c3nc(-c4ccccc4)nc(-c4cccc5c(-c6c7sc(-c8ccc9ccccc9c8)nc7cc7sc8ccccc8c67)cccc45)n3)c2)cc1. The van der Waals surface area contributed by atoms with Crippen molar-refractivity contribution in [1.82, 2.24) is 19.9 Å². The van der Waals surface area contributed by atoms with Crippen LogP contribution in [0.4, 0.5) is 0 Å². The molecule has 0 spiro atoms. The maximum absolute atomic E-state index is 5.34. The van der Waals surface area contributed by atoms with Crippen molar-refractivity contribution in [3.63, 3.8) is 0 Å². The lowest BCUT2D eigenvalue weighted by Crippen LogP contribution is -2.00. The maximum atomic E-state index is 5.34. The highest BCUT2D eigenvalue weighted by molar-refractivity contribution is 7.26. The van der Waals surface area contributed by atoms with Crippen molar-refractivity contribution in [3.8, 4) is 67.0 Å². The average Bonchev–Trinajstić information content (AvgIpc) is 3.92. The number of hydrogen-bond donors (Lipinski definition) is 0. The van der Waals surface area contributed by atoms with E-state index in [9.17, 15) is 0 Å². The summed E-state index contributed by atoms with van der Waals surface area (Å²) in [5, 5.41) is 8.19. The van der Waals surface area contributed by atoms with E-state index in [2.05, 4.69) is 170 Å². The molecular formula is C54H32N4S2. The third kappa shape index (κ3) is 5.88. The van der Waals surface area contributed by atoms with Gasteiger partial charge in [-0.3, -0.25) is 0 Å². The van der Waals surface area contributed by atoms with Gasteiger partial charge >= 0.3 is 0 Å². The summed E-state index contributed by atoms with van der Waals surface area (Å²) in [6, 6.07) is 68.5. The fourth-order valence-electron chi connectivity index (χ4n) is 8.51. The topological polar surface area (TPSA) is 51.6 Å². The Hall–Kier alpha value is -7.38. The van der Waals surface area contributed by atoms with Crippen LogP contribution in [0.15, 0.2) is 194 Å². The lowest BCUT2D eigenvalue weighted by molar-refractivity contribution is 1.08. The van der Waals surface area contributed by atoms with E-state index in [1.54, 1.807) is 11.3 Å². The van der Waals surface area contributed by atoms with Gasteiger partial charge in [0, 0.05) is 48.0 Å². The molecule has 12 rings (SSSR count). The van der Waals surface area contributed by atoms with Gasteiger partial charge in [0.2, 0.25) is 0 Å². The number of thiazole rings is 1. The molecule has 9 aromatic carbocycles. The van der Waals surface area contributed by atoms with Crippen LogP contribution in [0.1, 0.15) is 0 Å². The summed E-state index contributed by atoms with van der Waals surface area (Å²) in [5.74, 6) is 1.90. The number of thiophene rings is 1. The molecule has 3 aromatic heterocycles. The van der Waals surface area contributed by atoms with Crippen LogP contribution >= 0.6 is 22.7 Å². The Bertz CT molecular complexity index is 3610. The molecule has 0 aliphatic heterocycles. The molecule has 4 nitrogen and oxygen atoms in total. The van der Waals surface area contributed by atoms with Gasteiger partial charge in [-0.2, -0.15) is 0 Å². The summed E-state index contributed by atoms with van der Waals surface area (Å²) in [6.45, 7) is 0. The summed E-state index contributed by atoms with van der Waals surface area (Å²) in [7, 11) is 0. The van der Waals surface area contributed by atoms with E-state index in [0.29, 0.717) is 17.5 Å². The van der Waals surface area contributed by atoms with E-state index in [4.69, 9.17) is 19.9 Å². The molecule has 280 valence electrons. The van der Waals surface area contributed by atoms with Crippen molar-refractivity contribution in [1.29, 1.82) is 0 Å². The van der Waals surface area contributed by atoms with Crippen LogP contribution in [-0.2, 0) is 0 Å². The van der Waals surface area contributed by atoms with E-state index in [1.807, 2.05) is 35.6 Å². The second-order valence-electron chi connectivity index (χ2n) is 15.0. The maximum Gasteiger partial charge on any atom is 0.164 e. The molecule has 0 aliphatic rings. The quantitative estimate of drug-likeness (QED) is 0.168. The Kier molecular flexibility index (Phi) is 8.18. The summed E-state index contributed by atoms with van der Waals surface area (Å²) in [6.07, 6.45) is 0. The molecule has 6 heteroatoms. The van der Waals surface area contributed by atoms with Crippen LogP contribution in [-0.4, -0.2) is 19.9 Å². The minimum Gasteiger partial charge on any atom is -0.236 e. The van der Waals surface area contributed by atoms with Crippen LogP contribution in [0.2, 0.25) is 0 Å². The summed E-state index contributed by atoms with van der Waals surface area (Å²) in [5.41, 5.74) is 9.60. The predicted octanol–water partition coefficient (Wildman–Crippen LogP) is 15.2. The zero-order chi connectivity index (χ0) is 39.6. The lowest BCUT2D eigenvalue weighted by atomic mass is 9.92. The predicted molar refractivity (Wildman–Crippen MR) is 254 cm³/mol. The van der Waals surface area contributed by atoms with Gasteiger partial charge in [0.1, 0.15) is 5.01 Å². The molecule has 0 radical (unpaired) electrons. The first kappa shape index (κ1) is 34.6. The van der Waals surface area contributed by atoms with Gasteiger partial charge in [-0.25, -0.2) is 19.9 Å². The van der Waals surface area contributed by atoms with Crippen LogP contribution in [0.3, 0.4) is 0 Å². The first-order valence-electron chi connectivity index (χ1n) is 20.0. The molecule has 12 aromatic rings. The molecule has 60 heavy (non-hydrogen) atoms. The van der Waals surface area contributed by atoms with Crippen molar-refractivity contribution in [2.45, 2.75) is 0 Å². The first-order valence-corrected chi connectivity index (χ1v) is 21.6. The number of aromatic nitrogens is 4. The van der Waals surface area contributed by atoms with Gasteiger partial charge in [-0.15, -0.1) is 22.7 Å². The van der Waals surface area contributed by atoms with Crippen LogP contribution < -0.4 is 0 Å². The van der Waals surface area contributed by atoms with Crippen molar-refractivity contribution in [2.24, 2.45) is 0 Å². The Morgan fingerprint density at radius 3 is 1.78 bits per heavy atom. The normalized spacial score (nSPS) is 11.7. The minimum atomic E-state index is 0.631. The Morgan fingerprint density at radius 1 is 0.333 bits per heavy atom. The van der Waals surface area contributed by atoms with Gasteiger partial charge in [-0.05, 0) is 62.5 Å². The van der Waals surface area contributed by atoms with E-state index in [0.717, 1.165) is 60.2 Å². The largest absolute Gasteiger partial charge is 0.236 e. The third-order valence-corrected chi connectivity index (χ3v) is 13.6. The molecular weight excluding hydrogens is 769 g/mol. The highest BCUT2D eigenvalue weighted by Gasteiger charge is 2.22. The molecule has 0 amide bonds. The third-order valence-electron chi connectivity index (χ3n) is 11.3. The summed E-state index contributed by atoms with van der Waals surface area (Å²) < 4.78 is 3.68. The van der Waals surface area contributed by atoms with Crippen LogP contribution in [0.25, 0.3) is 119 Å². The summed E-state index contributed by atoms with van der Waals surface area (Å²) in [4.78, 5) is 20.9. The van der Waals surface area contributed by atoms with Gasteiger partial charge in [0.05, 0.1) is 10.2 Å². The number of fused-ring (bicyclic) bond motifs is 6. The van der Waals surface area contributed by atoms with Gasteiger partial charge < -0.3 is 0 Å². The number of rotatable bonds is 6. The molecule has 0 saturated heterocycles. The number of nitrogens with zero attached hydrogens (tertiary/aromatic N) is 4. The van der Waals surface area contributed by atoms with Crippen molar-refractivity contribution < 1.29 is 0 Å². The monoisotopic (exact) mass is 800 g/mol. The van der Waals surface area contributed by atoms with Crippen molar-refractivity contribution >= 4 is 74.6 Å². The molecule has 0 unspecified atom stereocenters. The van der Waals surface area contributed by atoms with Crippen LogP contribution in [0.5, 0.6) is 0 Å². The van der Waals surface area contributed by atoms with Crippen molar-refractivity contribution in [2.75, 3.05) is 0 Å². The smallest absolute Gasteiger partial charge is 0.164 e. The first-order chi connectivity index (χ1) is 29.7. The van der Waals surface area contributed by atoms with Crippen molar-refractivity contribution in [3.05, 3.63) is 194 Å². The molecule has 0 saturated carbocycles. The zero-order valence-electron chi connectivity index (χ0n) is 32.1. The number of benzene rings is 9. The molecule has 0 N–H and O–H groups in total. The molecule has 0 atom stereocenters. The van der Waals surface area contributed by atoms with Gasteiger partial charge in [0.15, 0.2) is 17.5 Å². The average molecular weight is 801 g/mol.